The van der Waals surface area contributed by atoms with Gasteiger partial charge in [-0.05, 0) is 55.7 Å². The van der Waals surface area contributed by atoms with Gasteiger partial charge < -0.3 is 10.2 Å². The van der Waals surface area contributed by atoms with E-state index in [4.69, 9.17) is 0 Å². The zero-order valence-electron chi connectivity index (χ0n) is 15.1. The summed E-state index contributed by atoms with van der Waals surface area (Å²) in [6.07, 6.45) is 5.86. The highest BCUT2D eigenvalue weighted by Crippen LogP contribution is 2.39. The van der Waals surface area contributed by atoms with Crippen LogP contribution < -0.4 is 5.32 Å². The number of amides is 2. The summed E-state index contributed by atoms with van der Waals surface area (Å²) in [6.45, 7) is 5.03. The van der Waals surface area contributed by atoms with Crippen LogP contribution in [-0.4, -0.2) is 33.5 Å². The average molecular weight is 354 g/mol. The van der Waals surface area contributed by atoms with Gasteiger partial charge in [0.05, 0.1) is 12.4 Å². The molecule has 0 spiro atoms. The minimum Gasteiger partial charge on any atom is -0.321 e. The monoisotopic (exact) mass is 354 g/mol. The molecule has 2 saturated heterocycles. The molecule has 3 aliphatic rings. The number of hydrogen-bond donors (Lipinski definition) is 1. The molecule has 3 fully saturated rings. The summed E-state index contributed by atoms with van der Waals surface area (Å²) < 4.78 is 13.1. The molecule has 6 heteroatoms. The van der Waals surface area contributed by atoms with Crippen LogP contribution in [0.3, 0.4) is 0 Å². The second-order valence-corrected chi connectivity index (χ2v) is 7.56. The van der Waals surface area contributed by atoms with Gasteiger partial charge in [0.15, 0.2) is 11.6 Å². The van der Waals surface area contributed by atoms with Crippen molar-refractivity contribution in [3.8, 4) is 11.4 Å². The maximum absolute atomic E-state index is 13.1. The van der Waals surface area contributed by atoms with Crippen molar-refractivity contribution in [3.63, 3.8) is 0 Å². The van der Waals surface area contributed by atoms with Crippen molar-refractivity contribution in [2.75, 3.05) is 11.9 Å². The molecule has 0 radical (unpaired) electrons. The molecule has 26 heavy (non-hydrogen) atoms. The number of rotatable bonds is 2. The largest absolute Gasteiger partial charge is 0.322 e. The lowest BCUT2D eigenvalue weighted by Crippen LogP contribution is -2.55. The Hall–Kier alpha value is -2.50. The number of halogens is 1. The van der Waals surface area contributed by atoms with Crippen LogP contribution in [0.2, 0.25) is 0 Å². The molecule has 3 heterocycles. The van der Waals surface area contributed by atoms with Crippen LogP contribution in [0.1, 0.15) is 31.7 Å². The van der Waals surface area contributed by atoms with E-state index in [-0.39, 0.29) is 6.03 Å². The Morgan fingerprint density at radius 1 is 1.27 bits per heavy atom. The van der Waals surface area contributed by atoms with Crippen molar-refractivity contribution in [1.29, 1.82) is 0 Å². The second kappa shape index (κ2) is 6.67. The van der Waals surface area contributed by atoms with E-state index in [2.05, 4.69) is 22.2 Å². The smallest absolute Gasteiger partial charge is 0.321 e. The number of benzene rings is 1. The van der Waals surface area contributed by atoms with E-state index in [1.54, 1.807) is 0 Å². The Bertz CT molecular complexity index is 823. The first-order chi connectivity index (χ1) is 12.5. The first-order valence-corrected chi connectivity index (χ1v) is 9.17. The minimum absolute atomic E-state index is 0.0407. The molecule has 5 rings (SSSR count). The number of hydrogen-bond acceptors (Lipinski definition) is 3. The number of carbonyl (C=O) groups is 1. The van der Waals surface area contributed by atoms with Gasteiger partial charge in [-0.1, -0.05) is 13.0 Å². The summed E-state index contributed by atoms with van der Waals surface area (Å²) >= 11 is 0. The zero-order chi connectivity index (χ0) is 18.3. The van der Waals surface area contributed by atoms with Gasteiger partial charge in [0.1, 0.15) is 0 Å². The Morgan fingerprint density at radius 2 is 2.04 bits per heavy atom. The van der Waals surface area contributed by atoms with E-state index in [9.17, 15) is 9.18 Å². The number of carbonyl (C=O) groups excluding carboxylic acids is 1. The number of aromatic nitrogens is 2. The highest BCUT2D eigenvalue weighted by Gasteiger charge is 2.40. The second-order valence-electron chi connectivity index (χ2n) is 7.56. The maximum atomic E-state index is 13.1. The molecule has 1 aromatic heterocycles. The van der Waals surface area contributed by atoms with E-state index >= 15 is 0 Å². The number of nitrogens with zero attached hydrogens (tertiary/aromatic N) is 3. The normalized spacial score (nSPS) is 24.6. The maximum Gasteiger partial charge on any atom is 0.322 e. The van der Waals surface area contributed by atoms with Crippen LogP contribution in [0.25, 0.3) is 11.4 Å². The van der Waals surface area contributed by atoms with Crippen molar-refractivity contribution < 1.29 is 9.18 Å². The van der Waals surface area contributed by atoms with Crippen LogP contribution >= 0.6 is 0 Å². The van der Waals surface area contributed by atoms with Crippen molar-refractivity contribution in [3.05, 3.63) is 42.0 Å². The number of urea groups is 1. The Labute approximate surface area is 152 Å². The van der Waals surface area contributed by atoms with Crippen LogP contribution in [0.4, 0.5) is 14.9 Å². The molecule has 2 aromatic rings. The molecule has 1 N–H and O–H groups in total. The summed E-state index contributed by atoms with van der Waals surface area (Å²) in [5.41, 5.74) is 2.47. The quantitative estimate of drug-likeness (QED) is 0.877. The van der Waals surface area contributed by atoms with Crippen LogP contribution in [0.15, 0.2) is 30.6 Å². The predicted molar refractivity (Wildman–Crippen MR) is 98.2 cm³/mol. The van der Waals surface area contributed by atoms with Gasteiger partial charge >= 0.3 is 6.03 Å². The van der Waals surface area contributed by atoms with Gasteiger partial charge in [0.2, 0.25) is 0 Å². The molecule has 2 amide bonds. The fourth-order valence-corrected chi connectivity index (χ4v) is 4.35. The fourth-order valence-electron chi connectivity index (χ4n) is 4.35. The third-order valence-electron chi connectivity index (χ3n) is 5.70. The van der Waals surface area contributed by atoms with E-state index < -0.39 is 5.82 Å². The molecule has 2 bridgehead atoms. The molecule has 0 unspecified atom stereocenters. The molecule has 1 saturated carbocycles. The van der Waals surface area contributed by atoms with Gasteiger partial charge in [-0.25, -0.2) is 19.2 Å². The minimum atomic E-state index is -0.467. The van der Waals surface area contributed by atoms with Crippen LogP contribution in [0.5, 0.6) is 0 Å². The van der Waals surface area contributed by atoms with Gasteiger partial charge in [-0.15, -0.1) is 0 Å². The summed E-state index contributed by atoms with van der Waals surface area (Å²) in [5.74, 6) is 1.17. The standard InChI is InChI=1S/C20H23FN4O/c1-12-3-5-16(8-17(12)19-22-9-15(21)10-23-19)24-20(26)25-11-14-4-6-18(25)13(2)7-14/h3,5,8-10,13-14,18H,4,6-7,11H2,1-2H3,(H,24,26)/t13-,14+,18+/m1/s1. The van der Waals surface area contributed by atoms with Crippen molar-refractivity contribution >= 4 is 11.7 Å². The topological polar surface area (TPSA) is 58.1 Å². The molecule has 3 atom stereocenters. The van der Waals surface area contributed by atoms with E-state index in [1.165, 1.54) is 12.8 Å². The lowest BCUT2D eigenvalue weighted by Gasteiger charge is -2.48. The van der Waals surface area contributed by atoms with Crippen molar-refractivity contribution in [2.24, 2.45) is 11.8 Å². The van der Waals surface area contributed by atoms with Gasteiger partial charge in [-0.3, -0.25) is 0 Å². The zero-order valence-corrected chi connectivity index (χ0v) is 15.1. The summed E-state index contributed by atoms with van der Waals surface area (Å²) in [5, 5.41) is 3.02. The molecular weight excluding hydrogens is 331 g/mol. The molecule has 136 valence electrons. The average Bonchev–Trinajstić information content (AvgIpc) is 2.64. The lowest BCUT2D eigenvalue weighted by atomic mass is 9.74. The van der Waals surface area contributed by atoms with E-state index in [0.29, 0.717) is 29.4 Å². The molecule has 5 nitrogen and oxygen atoms in total. The van der Waals surface area contributed by atoms with Crippen molar-refractivity contribution in [1.82, 2.24) is 14.9 Å². The molecule has 1 aromatic carbocycles. The van der Waals surface area contributed by atoms with Gasteiger partial charge in [0.25, 0.3) is 0 Å². The highest BCUT2D eigenvalue weighted by molar-refractivity contribution is 5.90. The molecule has 1 aliphatic carbocycles. The first kappa shape index (κ1) is 16.9. The van der Waals surface area contributed by atoms with E-state index in [1.807, 2.05) is 30.0 Å². The number of nitrogens with one attached hydrogen (secondary N) is 1. The summed E-state index contributed by atoms with van der Waals surface area (Å²) in [4.78, 5) is 22.9. The van der Waals surface area contributed by atoms with E-state index in [0.717, 1.165) is 36.5 Å². The Morgan fingerprint density at radius 3 is 2.73 bits per heavy atom. The number of piperidine rings is 2. The van der Waals surface area contributed by atoms with Crippen molar-refractivity contribution in [2.45, 2.75) is 39.2 Å². The number of anilines is 1. The first-order valence-electron chi connectivity index (χ1n) is 9.17. The number of fused-ring (bicyclic) bond motifs is 3. The third kappa shape index (κ3) is 3.16. The van der Waals surface area contributed by atoms with Crippen LogP contribution in [-0.2, 0) is 0 Å². The fraction of sp³-hybridized carbons (Fsp3) is 0.450. The van der Waals surface area contributed by atoms with Gasteiger partial charge in [-0.2, -0.15) is 0 Å². The van der Waals surface area contributed by atoms with Gasteiger partial charge in [0, 0.05) is 23.8 Å². The molecule has 2 aliphatic heterocycles. The summed E-state index contributed by atoms with van der Waals surface area (Å²) in [6, 6.07) is 5.95. The lowest BCUT2D eigenvalue weighted by molar-refractivity contribution is 0.0405. The summed E-state index contributed by atoms with van der Waals surface area (Å²) in [7, 11) is 0. The predicted octanol–water partition coefficient (Wildman–Crippen LogP) is 4.24. The Balaban J connectivity index is 1.54. The van der Waals surface area contributed by atoms with Crippen LogP contribution in [0, 0.1) is 24.6 Å². The third-order valence-corrected chi connectivity index (χ3v) is 5.70. The number of aryl methyl sites for hydroxylation is 1. The highest BCUT2D eigenvalue weighted by atomic mass is 19.1. The SMILES string of the molecule is Cc1ccc(NC(=O)N2C[C@H]3CC[C@H]2[C@H](C)C3)cc1-c1ncc(F)cn1. The molecular formula is C20H23FN4O. The Kier molecular flexibility index (Phi) is 4.34.